The second-order valence-electron chi connectivity index (χ2n) is 9.63. The zero-order valence-electron chi connectivity index (χ0n) is 20.9. The summed E-state index contributed by atoms with van der Waals surface area (Å²) in [4.78, 5) is 15.6. The van der Waals surface area contributed by atoms with Gasteiger partial charge >= 0.3 is 12.6 Å². The van der Waals surface area contributed by atoms with E-state index in [0.717, 1.165) is 6.20 Å². The van der Waals surface area contributed by atoms with Crippen molar-refractivity contribution >= 4 is 44.1 Å². The molecule has 37 heavy (non-hydrogen) atoms. The molecule has 3 aromatic rings. The molecule has 1 aliphatic heterocycles. The average molecular weight is 556 g/mol. The number of amides is 1. The van der Waals surface area contributed by atoms with E-state index in [1.807, 2.05) is 4.90 Å². The Labute approximate surface area is 219 Å². The third-order valence-electron chi connectivity index (χ3n) is 5.99. The van der Waals surface area contributed by atoms with Gasteiger partial charge in [0.05, 0.1) is 28.1 Å². The van der Waals surface area contributed by atoms with E-state index in [1.165, 1.54) is 43.5 Å². The number of alkyl halides is 2. The maximum absolute atomic E-state index is 13.7. The van der Waals surface area contributed by atoms with Crippen LogP contribution in [-0.2, 0) is 14.6 Å². The number of aromatic nitrogens is 1. The highest BCUT2D eigenvalue weighted by Crippen LogP contribution is 2.37. The fourth-order valence-electron chi connectivity index (χ4n) is 4.24. The van der Waals surface area contributed by atoms with Crippen molar-refractivity contribution in [2.24, 2.45) is 0 Å². The first-order valence-corrected chi connectivity index (χ1v) is 13.4. The largest absolute Gasteiger partial charge is 0.495 e. The minimum absolute atomic E-state index is 0.0214. The van der Waals surface area contributed by atoms with E-state index >= 15 is 0 Å². The molecular weight excluding hydrogens is 528 g/mol. The van der Waals surface area contributed by atoms with Crippen molar-refractivity contribution < 1.29 is 31.5 Å². The summed E-state index contributed by atoms with van der Waals surface area (Å²) >= 11 is 5.98. The fraction of sp³-hybridized carbons (Fsp3) is 0.400. The van der Waals surface area contributed by atoms with Crippen LogP contribution in [0.15, 0.2) is 52.4 Å². The van der Waals surface area contributed by atoms with E-state index in [9.17, 15) is 22.0 Å². The van der Waals surface area contributed by atoms with E-state index in [0.29, 0.717) is 42.2 Å². The molecule has 200 valence electrons. The van der Waals surface area contributed by atoms with Gasteiger partial charge in [0, 0.05) is 42.8 Å². The molecule has 0 unspecified atom stereocenters. The Morgan fingerprint density at radius 1 is 1.05 bits per heavy atom. The molecule has 4 rings (SSSR count). The van der Waals surface area contributed by atoms with Gasteiger partial charge in [-0.05, 0) is 51.1 Å². The lowest BCUT2D eigenvalue weighted by Gasteiger charge is -2.37. The summed E-state index contributed by atoms with van der Waals surface area (Å²) in [5.41, 5.74) is -0.0695. The van der Waals surface area contributed by atoms with Gasteiger partial charge < -0.3 is 19.3 Å². The van der Waals surface area contributed by atoms with Crippen LogP contribution in [0.2, 0.25) is 5.02 Å². The standard InChI is InChI=1S/C25H28ClF2N3O5S/c1-25(2,3)36-24(32)30-11-9-29(10-12-30)20-14-17(6-8-21(20)35-4)37(33,34)22-15-31(23(27)28)19-13-16(26)5-7-18(19)22/h5-8,13-15,23H,9-12H2,1-4H3. The summed E-state index contributed by atoms with van der Waals surface area (Å²) in [6, 6.07) is 8.58. The first kappa shape index (κ1) is 27.0. The van der Waals surface area contributed by atoms with Crippen LogP contribution in [0.1, 0.15) is 27.3 Å². The molecule has 0 radical (unpaired) electrons. The number of ether oxygens (including phenoxy) is 2. The summed E-state index contributed by atoms with van der Waals surface area (Å²) in [5.74, 6) is 0.450. The normalized spacial score (nSPS) is 14.9. The molecule has 0 saturated carbocycles. The van der Waals surface area contributed by atoms with Crippen LogP contribution in [-0.4, -0.2) is 62.9 Å². The Morgan fingerprint density at radius 3 is 2.32 bits per heavy atom. The smallest absolute Gasteiger partial charge is 0.410 e. The van der Waals surface area contributed by atoms with Gasteiger partial charge in [-0.25, -0.2) is 13.2 Å². The highest BCUT2D eigenvalue weighted by molar-refractivity contribution is 7.91. The number of fused-ring (bicyclic) bond motifs is 1. The molecule has 1 aliphatic rings. The van der Waals surface area contributed by atoms with Crippen LogP contribution in [0, 0.1) is 0 Å². The lowest BCUT2D eigenvalue weighted by molar-refractivity contribution is 0.0240. The fourth-order valence-corrected chi connectivity index (χ4v) is 5.88. The summed E-state index contributed by atoms with van der Waals surface area (Å²) < 4.78 is 66.2. The Bertz CT molecular complexity index is 1430. The van der Waals surface area contributed by atoms with E-state index in [4.69, 9.17) is 21.1 Å². The third kappa shape index (κ3) is 5.47. The van der Waals surface area contributed by atoms with Gasteiger partial charge in [-0.15, -0.1) is 0 Å². The number of carbonyl (C=O) groups is 1. The molecule has 1 saturated heterocycles. The van der Waals surface area contributed by atoms with Gasteiger partial charge in [0.1, 0.15) is 11.4 Å². The van der Waals surface area contributed by atoms with Crippen LogP contribution in [0.25, 0.3) is 10.9 Å². The van der Waals surface area contributed by atoms with Gasteiger partial charge in [-0.2, -0.15) is 8.78 Å². The molecule has 1 amide bonds. The van der Waals surface area contributed by atoms with Crippen LogP contribution in [0.4, 0.5) is 19.3 Å². The van der Waals surface area contributed by atoms with E-state index in [1.54, 1.807) is 25.7 Å². The molecule has 12 heteroatoms. The minimum Gasteiger partial charge on any atom is -0.495 e. The van der Waals surface area contributed by atoms with Gasteiger partial charge in [0.25, 0.3) is 0 Å². The second-order valence-corrected chi connectivity index (χ2v) is 12.0. The van der Waals surface area contributed by atoms with Crippen molar-refractivity contribution in [1.82, 2.24) is 9.47 Å². The number of hydrogen-bond donors (Lipinski definition) is 0. The Kier molecular flexibility index (Phi) is 7.31. The molecule has 0 N–H and O–H groups in total. The quantitative estimate of drug-likeness (QED) is 0.408. The van der Waals surface area contributed by atoms with Crippen LogP contribution >= 0.6 is 11.6 Å². The number of anilines is 1. The first-order chi connectivity index (χ1) is 17.3. The molecule has 1 aromatic heterocycles. The highest BCUT2D eigenvalue weighted by Gasteiger charge is 2.30. The number of carbonyl (C=O) groups excluding carboxylic acids is 1. The topological polar surface area (TPSA) is 81.1 Å². The molecule has 0 atom stereocenters. The highest BCUT2D eigenvalue weighted by atomic mass is 35.5. The number of methoxy groups -OCH3 is 1. The van der Waals surface area contributed by atoms with Gasteiger partial charge in [0.15, 0.2) is 0 Å². The molecule has 0 bridgehead atoms. The molecule has 1 fully saturated rings. The Balaban J connectivity index is 1.67. The van der Waals surface area contributed by atoms with E-state index in [-0.39, 0.29) is 25.7 Å². The third-order valence-corrected chi connectivity index (χ3v) is 8.01. The first-order valence-electron chi connectivity index (χ1n) is 11.6. The molecule has 0 spiro atoms. The summed E-state index contributed by atoms with van der Waals surface area (Å²) in [6.45, 7) is 4.03. The predicted molar refractivity (Wildman–Crippen MR) is 137 cm³/mol. The monoisotopic (exact) mass is 555 g/mol. The van der Waals surface area contributed by atoms with Crippen LogP contribution in [0.3, 0.4) is 0 Å². The number of rotatable bonds is 5. The number of piperazine rings is 1. The van der Waals surface area contributed by atoms with Gasteiger partial charge in [0.2, 0.25) is 9.84 Å². The van der Waals surface area contributed by atoms with E-state index in [2.05, 4.69) is 0 Å². The molecule has 8 nitrogen and oxygen atoms in total. The number of halogens is 3. The zero-order chi connectivity index (χ0) is 27.1. The Hall–Kier alpha value is -3.05. The molecule has 2 aromatic carbocycles. The number of benzene rings is 2. The minimum atomic E-state index is -4.19. The maximum Gasteiger partial charge on any atom is 0.410 e. The number of sulfone groups is 1. The number of nitrogens with zero attached hydrogens (tertiary/aromatic N) is 3. The lowest BCUT2D eigenvalue weighted by Crippen LogP contribution is -2.50. The average Bonchev–Trinajstić information content (AvgIpc) is 3.22. The SMILES string of the molecule is COc1ccc(S(=O)(=O)c2cn(C(F)F)c3cc(Cl)ccc23)cc1N1CCN(C(=O)OC(C)(C)C)CC1. The van der Waals surface area contributed by atoms with Crippen LogP contribution < -0.4 is 9.64 Å². The molecule has 2 heterocycles. The lowest BCUT2D eigenvalue weighted by atomic mass is 10.2. The van der Waals surface area contributed by atoms with Crippen LogP contribution in [0.5, 0.6) is 5.75 Å². The van der Waals surface area contributed by atoms with Crippen molar-refractivity contribution in [3.05, 3.63) is 47.6 Å². The summed E-state index contributed by atoms with van der Waals surface area (Å²) in [6.07, 6.45) is 0.524. The van der Waals surface area contributed by atoms with Crippen molar-refractivity contribution in [2.75, 3.05) is 38.2 Å². The predicted octanol–water partition coefficient (Wildman–Crippen LogP) is 5.59. The van der Waals surface area contributed by atoms with Crippen molar-refractivity contribution in [1.29, 1.82) is 0 Å². The van der Waals surface area contributed by atoms with Crippen molar-refractivity contribution in [2.45, 2.75) is 42.7 Å². The van der Waals surface area contributed by atoms with Gasteiger partial charge in [-0.1, -0.05) is 17.7 Å². The zero-order valence-corrected chi connectivity index (χ0v) is 22.4. The Morgan fingerprint density at radius 2 is 1.73 bits per heavy atom. The maximum atomic E-state index is 13.7. The van der Waals surface area contributed by atoms with Gasteiger partial charge in [-0.3, -0.25) is 4.57 Å². The molecule has 0 aliphatic carbocycles. The number of hydrogen-bond acceptors (Lipinski definition) is 6. The molecular formula is C25H28ClF2N3O5S. The van der Waals surface area contributed by atoms with Crippen molar-refractivity contribution in [3.8, 4) is 5.75 Å². The summed E-state index contributed by atoms with van der Waals surface area (Å²) in [7, 11) is -2.71. The van der Waals surface area contributed by atoms with Crippen molar-refractivity contribution in [3.63, 3.8) is 0 Å². The van der Waals surface area contributed by atoms with E-state index < -0.39 is 28.1 Å². The summed E-state index contributed by atoms with van der Waals surface area (Å²) in [5, 5.41) is 0.363. The second kappa shape index (κ2) is 10.0.